The van der Waals surface area contributed by atoms with Crippen molar-refractivity contribution in [1.82, 2.24) is 14.7 Å². The van der Waals surface area contributed by atoms with Gasteiger partial charge in [-0.15, -0.1) is 0 Å². The van der Waals surface area contributed by atoms with Crippen LogP contribution in [0.5, 0.6) is 0 Å². The summed E-state index contributed by atoms with van der Waals surface area (Å²) >= 11 is 0. The Morgan fingerprint density at radius 2 is 1.81 bits per heavy atom. The summed E-state index contributed by atoms with van der Waals surface area (Å²) in [5.74, 6) is -0.483. The van der Waals surface area contributed by atoms with Gasteiger partial charge >= 0.3 is 0 Å². The van der Waals surface area contributed by atoms with Crippen LogP contribution in [-0.2, 0) is 6.42 Å². The second kappa shape index (κ2) is 7.39. The minimum absolute atomic E-state index is 0.0164. The van der Waals surface area contributed by atoms with Crippen LogP contribution in [0.4, 0.5) is 5.69 Å². The molecule has 3 aromatic rings. The van der Waals surface area contributed by atoms with E-state index in [2.05, 4.69) is 22.5 Å². The summed E-state index contributed by atoms with van der Waals surface area (Å²) in [6.45, 7) is 5.83. The third-order valence-electron chi connectivity index (χ3n) is 4.01. The number of carbonyl (C=O) groups excluding carboxylic acids is 2. The zero-order valence-electron chi connectivity index (χ0n) is 15.1. The predicted octanol–water partition coefficient (Wildman–Crippen LogP) is 3.29. The van der Waals surface area contributed by atoms with Gasteiger partial charge in [-0.05, 0) is 50.1 Å². The molecule has 3 rings (SSSR count). The molecule has 0 radical (unpaired) electrons. The number of aromatic nitrogens is 2. The van der Waals surface area contributed by atoms with Crippen LogP contribution >= 0.6 is 0 Å². The Balaban J connectivity index is 1.93. The first kappa shape index (κ1) is 17.7. The highest BCUT2D eigenvalue weighted by atomic mass is 16.2. The monoisotopic (exact) mass is 350 g/mol. The second-order valence-corrected chi connectivity index (χ2v) is 6.37. The van der Waals surface area contributed by atoms with E-state index >= 15 is 0 Å². The molecule has 0 aliphatic rings. The molecular weight excluding hydrogens is 328 g/mol. The molecule has 0 unspecified atom stereocenters. The summed E-state index contributed by atoms with van der Waals surface area (Å²) in [7, 11) is 0. The van der Waals surface area contributed by atoms with Crippen LogP contribution in [0.15, 0.2) is 48.7 Å². The van der Waals surface area contributed by atoms with Gasteiger partial charge < -0.3 is 10.6 Å². The van der Waals surface area contributed by atoms with E-state index < -0.39 is 0 Å². The van der Waals surface area contributed by atoms with Crippen molar-refractivity contribution in [2.45, 2.75) is 33.2 Å². The molecular formula is C20H22N4O2. The second-order valence-electron chi connectivity index (χ2n) is 6.37. The molecule has 0 bridgehead atoms. The minimum Gasteiger partial charge on any atom is -0.348 e. The largest absolute Gasteiger partial charge is 0.348 e. The van der Waals surface area contributed by atoms with Gasteiger partial charge in [0.1, 0.15) is 0 Å². The number of carbonyl (C=O) groups is 2. The van der Waals surface area contributed by atoms with Gasteiger partial charge in [0, 0.05) is 17.9 Å². The van der Waals surface area contributed by atoms with E-state index in [1.807, 2.05) is 44.2 Å². The zero-order valence-corrected chi connectivity index (χ0v) is 15.1. The minimum atomic E-state index is -0.362. The maximum absolute atomic E-state index is 12.7. The lowest BCUT2D eigenvalue weighted by Gasteiger charge is -2.06. The van der Waals surface area contributed by atoms with Crippen molar-refractivity contribution < 1.29 is 9.59 Å². The SMILES string of the molecule is CCc1ccc(NC(=O)c2nc(C(=O)NC(C)C)c3ccccn23)cc1. The molecule has 26 heavy (non-hydrogen) atoms. The van der Waals surface area contributed by atoms with Crippen LogP contribution in [0.2, 0.25) is 0 Å². The Labute approximate surface area is 152 Å². The van der Waals surface area contributed by atoms with Crippen LogP contribution in [0.3, 0.4) is 0 Å². The topological polar surface area (TPSA) is 75.5 Å². The lowest BCUT2D eigenvalue weighted by atomic mass is 10.1. The van der Waals surface area contributed by atoms with E-state index in [4.69, 9.17) is 0 Å². The number of rotatable bonds is 5. The number of aryl methyl sites for hydroxylation is 1. The normalized spacial score (nSPS) is 10.9. The van der Waals surface area contributed by atoms with Gasteiger partial charge in [-0.3, -0.25) is 14.0 Å². The number of hydrogen-bond acceptors (Lipinski definition) is 3. The van der Waals surface area contributed by atoms with Crippen LogP contribution in [0.25, 0.3) is 5.52 Å². The molecule has 2 N–H and O–H groups in total. The Morgan fingerprint density at radius 1 is 1.08 bits per heavy atom. The molecule has 0 atom stereocenters. The first-order valence-corrected chi connectivity index (χ1v) is 8.67. The van der Waals surface area contributed by atoms with Crippen LogP contribution in [0.1, 0.15) is 47.4 Å². The molecule has 6 heteroatoms. The van der Waals surface area contributed by atoms with Crippen molar-refractivity contribution in [2.24, 2.45) is 0 Å². The van der Waals surface area contributed by atoms with Crippen molar-refractivity contribution in [2.75, 3.05) is 5.32 Å². The molecule has 1 aromatic carbocycles. The molecule has 0 fully saturated rings. The van der Waals surface area contributed by atoms with Gasteiger partial charge in [-0.1, -0.05) is 25.1 Å². The quantitative estimate of drug-likeness (QED) is 0.741. The highest BCUT2D eigenvalue weighted by Crippen LogP contribution is 2.16. The summed E-state index contributed by atoms with van der Waals surface area (Å²) in [4.78, 5) is 29.4. The van der Waals surface area contributed by atoms with Crippen molar-refractivity contribution in [3.63, 3.8) is 0 Å². The van der Waals surface area contributed by atoms with Crippen molar-refractivity contribution in [3.05, 3.63) is 65.7 Å². The van der Waals surface area contributed by atoms with E-state index in [-0.39, 0.29) is 29.4 Å². The summed E-state index contributed by atoms with van der Waals surface area (Å²) in [6, 6.07) is 13.0. The van der Waals surface area contributed by atoms with Crippen LogP contribution in [-0.4, -0.2) is 27.2 Å². The Kier molecular flexibility index (Phi) is 5.02. The maximum atomic E-state index is 12.7. The molecule has 2 amide bonds. The van der Waals surface area contributed by atoms with E-state index in [9.17, 15) is 9.59 Å². The van der Waals surface area contributed by atoms with E-state index in [1.165, 1.54) is 5.56 Å². The molecule has 134 valence electrons. The molecule has 0 saturated carbocycles. The molecule has 2 aromatic heterocycles. The molecule has 0 aliphatic carbocycles. The molecule has 0 saturated heterocycles. The standard InChI is InChI=1S/C20H22N4O2/c1-4-14-8-10-15(11-9-14)22-20(26)18-23-17(19(25)21-13(2)3)16-7-5-6-12-24(16)18/h5-13H,4H2,1-3H3,(H,21,25)(H,22,26). The molecule has 6 nitrogen and oxygen atoms in total. The fraction of sp³-hybridized carbons (Fsp3) is 0.250. The summed E-state index contributed by atoms with van der Waals surface area (Å²) in [5, 5.41) is 5.66. The maximum Gasteiger partial charge on any atom is 0.292 e. The van der Waals surface area contributed by atoms with E-state index in [0.717, 1.165) is 6.42 Å². The number of fused-ring (bicyclic) bond motifs is 1. The lowest BCUT2D eigenvalue weighted by molar-refractivity contribution is 0.0940. The lowest BCUT2D eigenvalue weighted by Crippen LogP contribution is -2.30. The van der Waals surface area contributed by atoms with Gasteiger partial charge in [0.2, 0.25) is 5.82 Å². The summed E-state index contributed by atoms with van der Waals surface area (Å²) in [5.41, 5.74) is 2.72. The first-order valence-electron chi connectivity index (χ1n) is 8.67. The summed E-state index contributed by atoms with van der Waals surface area (Å²) < 4.78 is 1.63. The number of nitrogens with zero attached hydrogens (tertiary/aromatic N) is 2. The highest BCUT2D eigenvalue weighted by molar-refractivity contribution is 6.06. The average molecular weight is 350 g/mol. The third kappa shape index (κ3) is 3.59. The molecule has 2 heterocycles. The van der Waals surface area contributed by atoms with Gasteiger partial charge in [0.15, 0.2) is 5.69 Å². The van der Waals surface area contributed by atoms with E-state index in [0.29, 0.717) is 11.2 Å². The summed E-state index contributed by atoms with van der Waals surface area (Å²) in [6.07, 6.45) is 2.66. The number of anilines is 1. The average Bonchev–Trinajstić information content (AvgIpc) is 3.02. The van der Waals surface area contributed by atoms with Gasteiger partial charge in [0.05, 0.1) is 5.52 Å². The van der Waals surface area contributed by atoms with Crippen LogP contribution in [0, 0.1) is 0 Å². The third-order valence-corrected chi connectivity index (χ3v) is 4.01. The van der Waals surface area contributed by atoms with Crippen molar-refractivity contribution in [3.8, 4) is 0 Å². The Hall–Kier alpha value is -3.15. The van der Waals surface area contributed by atoms with E-state index in [1.54, 1.807) is 22.7 Å². The van der Waals surface area contributed by atoms with Crippen molar-refractivity contribution >= 4 is 23.0 Å². The predicted molar refractivity (Wildman–Crippen MR) is 102 cm³/mol. The molecule has 0 aliphatic heterocycles. The number of hydrogen-bond donors (Lipinski definition) is 2. The van der Waals surface area contributed by atoms with Gasteiger partial charge in [-0.25, -0.2) is 4.98 Å². The number of amides is 2. The Bertz CT molecular complexity index is 942. The van der Waals surface area contributed by atoms with Crippen LogP contribution < -0.4 is 10.6 Å². The zero-order chi connectivity index (χ0) is 18.7. The number of imidazole rings is 1. The molecule has 0 spiro atoms. The number of benzene rings is 1. The number of nitrogens with one attached hydrogen (secondary N) is 2. The first-order chi connectivity index (χ1) is 12.5. The smallest absolute Gasteiger partial charge is 0.292 e. The van der Waals surface area contributed by atoms with Gasteiger partial charge in [-0.2, -0.15) is 0 Å². The fourth-order valence-electron chi connectivity index (χ4n) is 2.71. The highest BCUT2D eigenvalue weighted by Gasteiger charge is 2.21. The van der Waals surface area contributed by atoms with Gasteiger partial charge in [0.25, 0.3) is 11.8 Å². The van der Waals surface area contributed by atoms with Crippen molar-refractivity contribution in [1.29, 1.82) is 0 Å². The fourth-order valence-corrected chi connectivity index (χ4v) is 2.71. The number of pyridine rings is 1. The Morgan fingerprint density at radius 3 is 2.46 bits per heavy atom.